The van der Waals surface area contributed by atoms with Crippen molar-refractivity contribution >= 4 is 10.0 Å². The number of rotatable bonds is 6. The second kappa shape index (κ2) is 5.08. The fourth-order valence-corrected chi connectivity index (χ4v) is 1.85. The molecule has 0 fully saturated rings. The highest BCUT2D eigenvalue weighted by Crippen LogP contribution is 1.89. The molecule has 0 bridgehead atoms. The van der Waals surface area contributed by atoms with E-state index in [0.717, 1.165) is 5.82 Å². The molecule has 7 heteroatoms. The van der Waals surface area contributed by atoms with Crippen LogP contribution in [-0.2, 0) is 16.4 Å². The molecular formula is C7H14N4O2S. The quantitative estimate of drug-likeness (QED) is 0.560. The molecule has 4 N–H and O–H groups in total. The summed E-state index contributed by atoms with van der Waals surface area (Å²) in [6.45, 7) is 0.478. The Morgan fingerprint density at radius 1 is 1.57 bits per heavy atom. The number of nitrogens with one attached hydrogen (secondary N) is 2. The van der Waals surface area contributed by atoms with Gasteiger partial charge in [-0.05, 0) is 0 Å². The van der Waals surface area contributed by atoms with E-state index in [-0.39, 0.29) is 12.3 Å². The summed E-state index contributed by atoms with van der Waals surface area (Å²) in [6, 6.07) is 0. The maximum atomic E-state index is 11.1. The van der Waals surface area contributed by atoms with Crippen LogP contribution >= 0.6 is 0 Å². The van der Waals surface area contributed by atoms with Crippen molar-refractivity contribution in [1.29, 1.82) is 0 Å². The van der Waals surface area contributed by atoms with Crippen LogP contribution in [0.15, 0.2) is 12.4 Å². The Labute approximate surface area is 83.0 Å². The van der Waals surface area contributed by atoms with Crippen LogP contribution in [0.5, 0.6) is 0 Å². The van der Waals surface area contributed by atoms with E-state index in [0.29, 0.717) is 13.0 Å². The molecule has 0 saturated carbocycles. The van der Waals surface area contributed by atoms with Crippen molar-refractivity contribution in [1.82, 2.24) is 14.7 Å². The Morgan fingerprint density at radius 2 is 2.36 bits per heavy atom. The molecule has 0 saturated heterocycles. The van der Waals surface area contributed by atoms with Crippen LogP contribution in [-0.4, -0.2) is 37.2 Å². The fraction of sp³-hybridized carbons (Fsp3) is 0.571. The van der Waals surface area contributed by atoms with E-state index < -0.39 is 10.0 Å². The molecule has 80 valence electrons. The van der Waals surface area contributed by atoms with Crippen LogP contribution in [0.1, 0.15) is 5.82 Å². The molecule has 0 spiro atoms. The number of hydrogen-bond acceptors (Lipinski definition) is 4. The number of sulfonamides is 1. The van der Waals surface area contributed by atoms with E-state index in [9.17, 15) is 8.42 Å². The van der Waals surface area contributed by atoms with Crippen molar-refractivity contribution in [3.05, 3.63) is 18.2 Å². The molecule has 0 amide bonds. The van der Waals surface area contributed by atoms with E-state index in [1.165, 1.54) is 0 Å². The predicted molar refractivity (Wildman–Crippen MR) is 53.1 cm³/mol. The van der Waals surface area contributed by atoms with Gasteiger partial charge in [-0.1, -0.05) is 0 Å². The Balaban J connectivity index is 2.28. The average molecular weight is 218 g/mol. The topological polar surface area (TPSA) is 101 Å². The summed E-state index contributed by atoms with van der Waals surface area (Å²) in [4.78, 5) is 6.85. The first-order valence-electron chi connectivity index (χ1n) is 4.30. The van der Waals surface area contributed by atoms with E-state index in [4.69, 9.17) is 5.73 Å². The highest BCUT2D eigenvalue weighted by atomic mass is 32.2. The normalized spacial score (nSPS) is 11.8. The first-order valence-corrected chi connectivity index (χ1v) is 5.95. The molecule has 1 rings (SSSR count). The zero-order valence-electron chi connectivity index (χ0n) is 7.73. The number of aromatic nitrogens is 2. The minimum absolute atomic E-state index is 0.0366. The highest BCUT2D eigenvalue weighted by molar-refractivity contribution is 7.89. The second-order valence-corrected chi connectivity index (χ2v) is 4.71. The predicted octanol–water partition coefficient (Wildman–Crippen LogP) is -1.17. The van der Waals surface area contributed by atoms with Gasteiger partial charge in [-0.25, -0.2) is 18.1 Å². The third-order valence-electron chi connectivity index (χ3n) is 1.63. The number of H-pyrrole nitrogens is 1. The molecule has 0 aliphatic carbocycles. The van der Waals surface area contributed by atoms with Gasteiger partial charge in [-0.15, -0.1) is 0 Å². The molecule has 0 atom stereocenters. The lowest BCUT2D eigenvalue weighted by Gasteiger charge is -2.03. The summed E-state index contributed by atoms with van der Waals surface area (Å²) < 4.78 is 24.7. The first kappa shape index (κ1) is 11.2. The van der Waals surface area contributed by atoms with E-state index >= 15 is 0 Å². The molecule has 0 aliphatic heterocycles. The fourth-order valence-electron chi connectivity index (χ4n) is 0.987. The monoisotopic (exact) mass is 218 g/mol. The summed E-state index contributed by atoms with van der Waals surface area (Å²) in [5, 5.41) is 0. The van der Waals surface area contributed by atoms with Gasteiger partial charge in [0, 0.05) is 31.9 Å². The molecule has 1 aromatic rings. The van der Waals surface area contributed by atoms with E-state index in [1.807, 2.05) is 0 Å². The number of nitrogens with two attached hydrogens (primary N) is 1. The third kappa shape index (κ3) is 3.86. The highest BCUT2D eigenvalue weighted by Gasteiger charge is 2.07. The van der Waals surface area contributed by atoms with Crippen molar-refractivity contribution in [2.24, 2.45) is 5.73 Å². The van der Waals surface area contributed by atoms with Gasteiger partial charge < -0.3 is 10.7 Å². The summed E-state index contributed by atoms with van der Waals surface area (Å²) in [5.74, 6) is 0.728. The lowest BCUT2D eigenvalue weighted by molar-refractivity contribution is 0.581. The minimum Gasteiger partial charge on any atom is -0.349 e. The Morgan fingerprint density at radius 3 is 2.93 bits per heavy atom. The van der Waals surface area contributed by atoms with Gasteiger partial charge in [-0.2, -0.15) is 0 Å². The molecular weight excluding hydrogens is 204 g/mol. The van der Waals surface area contributed by atoms with Gasteiger partial charge in [0.05, 0.1) is 5.75 Å². The molecule has 0 radical (unpaired) electrons. The summed E-state index contributed by atoms with van der Waals surface area (Å²) >= 11 is 0. The number of hydrogen-bond donors (Lipinski definition) is 3. The van der Waals surface area contributed by atoms with Gasteiger partial charge >= 0.3 is 0 Å². The molecule has 0 unspecified atom stereocenters. The Bertz CT molecular complexity index is 346. The van der Waals surface area contributed by atoms with Crippen molar-refractivity contribution in [2.75, 3.05) is 18.8 Å². The minimum atomic E-state index is -3.20. The first-order chi connectivity index (χ1) is 6.64. The summed E-state index contributed by atoms with van der Waals surface area (Å²) in [7, 11) is -3.20. The van der Waals surface area contributed by atoms with Crippen LogP contribution in [0.3, 0.4) is 0 Å². The molecule has 1 heterocycles. The lowest BCUT2D eigenvalue weighted by atomic mass is 10.4. The molecule has 0 aliphatic rings. The Hall–Kier alpha value is -0.920. The molecule has 14 heavy (non-hydrogen) atoms. The third-order valence-corrected chi connectivity index (χ3v) is 3.04. The van der Waals surface area contributed by atoms with Crippen LogP contribution in [0.2, 0.25) is 0 Å². The standard InChI is InChI=1S/C7H14N4O2S/c8-2-6-14(12,13)11-3-1-7-9-4-5-10-7/h4-5,11H,1-3,6,8H2,(H,9,10). The summed E-state index contributed by atoms with van der Waals surface area (Å²) in [5.41, 5.74) is 5.14. The van der Waals surface area contributed by atoms with Gasteiger partial charge in [-0.3, -0.25) is 0 Å². The van der Waals surface area contributed by atoms with Crippen LogP contribution in [0, 0.1) is 0 Å². The van der Waals surface area contributed by atoms with Crippen LogP contribution in [0.25, 0.3) is 0 Å². The zero-order chi connectivity index (χ0) is 10.4. The van der Waals surface area contributed by atoms with Crippen LogP contribution in [0.4, 0.5) is 0 Å². The van der Waals surface area contributed by atoms with Crippen molar-refractivity contribution in [2.45, 2.75) is 6.42 Å². The van der Waals surface area contributed by atoms with Gasteiger partial charge in [0.2, 0.25) is 10.0 Å². The number of aromatic amines is 1. The van der Waals surface area contributed by atoms with Gasteiger partial charge in [0.15, 0.2) is 0 Å². The van der Waals surface area contributed by atoms with Gasteiger partial charge in [0.25, 0.3) is 0 Å². The molecule has 0 aromatic carbocycles. The lowest BCUT2D eigenvalue weighted by Crippen LogP contribution is -2.31. The maximum Gasteiger partial charge on any atom is 0.212 e. The Kier molecular flexibility index (Phi) is 4.05. The van der Waals surface area contributed by atoms with Crippen LogP contribution < -0.4 is 10.5 Å². The zero-order valence-corrected chi connectivity index (χ0v) is 8.55. The maximum absolute atomic E-state index is 11.1. The summed E-state index contributed by atoms with van der Waals surface area (Å²) in [6.07, 6.45) is 3.88. The second-order valence-electron chi connectivity index (χ2n) is 2.79. The smallest absolute Gasteiger partial charge is 0.212 e. The largest absolute Gasteiger partial charge is 0.349 e. The number of nitrogens with zero attached hydrogens (tertiary/aromatic N) is 1. The van der Waals surface area contributed by atoms with E-state index in [1.54, 1.807) is 12.4 Å². The average Bonchev–Trinajstić information content (AvgIpc) is 2.56. The van der Waals surface area contributed by atoms with Gasteiger partial charge in [0.1, 0.15) is 5.82 Å². The molecule has 1 aromatic heterocycles. The van der Waals surface area contributed by atoms with Crippen molar-refractivity contribution in [3.63, 3.8) is 0 Å². The number of imidazole rings is 1. The SMILES string of the molecule is NCCS(=O)(=O)NCCc1ncc[nH]1. The molecule has 6 nitrogen and oxygen atoms in total. The van der Waals surface area contributed by atoms with Crippen molar-refractivity contribution in [3.8, 4) is 0 Å². The van der Waals surface area contributed by atoms with Crippen molar-refractivity contribution < 1.29 is 8.42 Å². The van der Waals surface area contributed by atoms with E-state index in [2.05, 4.69) is 14.7 Å².